The van der Waals surface area contributed by atoms with E-state index < -0.39 is 23.2 Å². The van der Waals surface area contributed by atoms with Crippen LogP contribution in [0.4, 0.5) is 8.78 Å². The number of amides is 1. The van der Waals surface area contributed by atoms with Crippen LogP contribution >= 0.6 is 11.6 Å². The number of likely N-dealkylation sites (N-methyl/N-ethyl adjacent to an activating group) is 1. The monoisotopic (exact) mass is 443 g/mol. The molecule has 1 aliphatic heterocycles. The number of fused-ring (bicyclic) bond motifs is 4. The highest BCUT2D eigenvalue weighted by atomic mass is 35.5. The molecule has 1 aliphatic rings. The Morgan fingerprint density at radius 2 is 1.90 bits per heavy atom. The van der Waals surface area contributed by atoms with Crippen LogP contribution in [-0.2, 0) is 11.3 Å². The van der Waals surface area contributed by atoms with Gasteiger partial charge in [0.15, 0.2) is 0 Å². The summed E-state index contributed by atoms with van der Waals surface area (Å²) in [7, 11) is 1.61. The molecule has 0 spiro atoms. The van der Waals surface area contributed by atoms with Crippen LogP contribution in [0, 0.1) is 11.6 Å². The second-order valence-electron chi connectivity index (χ2n) is 7.52. The van der Waals surface area contributed by atoms with Crippen molar-refractivity contribution in [3.63, 3.8) is 0 Å². The van der Waals surface area contributed by atoms with E-state index in [1.54, 1.807) is 19.2 Å². The molecular formula is C22H16ClF2N3O3. The Labute approximate surface area is 179 Å². The topological polar surface area (TPSA) is 78.2 Å². The number of hydrogen-bond donors (Lipinski definition) is 2. The molecule has 3 heterocycles. The molecule has 9 heteroatoms. The van der Waals surface area contributed by atoms with E-state index in [1.165, 1.54) is 29.2 Å². The lowest BCUT2D eigenvalue weighted by molar-refractivity contribution is 0.0333. The summed E-state index contributed by atoms with van der Waals surface area (Å²) >= 11 is 6.10. The van der Waals surface area contributed by atoms with Gasteiger partial charge in [-0.2, -0.15) is 0 Å². The number of carbonyl (C=O) groups is 1. The summed E-state index contributed by atoms with van der Waals surface area (Å²) in [5, 5.41) is 1.50. The first-order valence-corrected chi connectivity index (χ1v) is 9.88. The SMILES string of the molecule is CN(C(=O)c1cc2c(Cl)cc(F)cc2[nH]1)[C@H]1COCc2[nH]c(=O)c3cc(F)ccc3c21. The van der Waals surface area contributed by atoms with Gasteiger partial charge < -0.3 is 19.6 Å². The number of rotatable bonds is 2. The van der Waals surface area contributed by atoms with Crippen molar-refractivity contribution >= 4 is 39.2 Å². The first kappa shape index (κ1) is 19.7. The number of aromatic amines is 2. The molecule has 2 N–H and O–H groups in total. The zero-order valence-corrected chi connectivity index (χ0v) is 17.0. The molecule has 0 bridgehead atoms. The van der Waals surface area contributed by atoms with Crippen LogP contribution in [0.25, 0.3) is 21.7 Å². The summed E-state index contributed by atoms with van der Waals surface area (Å²) in [6.45, 7) is 0.376. The molecule has 0 unspecified atom stereocenters. The van der Waals surface area contributed by atoms with Crippen LogP contribution in [0.2, 0.25) is 5.02 Å². The van der Waals surface area contributed by atoms with Crippen molar-refractivity contribution in [1.82, 2.24) is 14.9 Å². The summed E-state index contributed by atoms with van der Waals surface area (Å²) in [6, 6.07) is 7.50. The molecule has 2 aromatic carbocycles. The molecule has 6 nitrogen and oxygen atoms in total. The number of nitrogens with zero attached hydrogens (tertiary/aromatic N) is 1. The number of hydrogen-bond acceptors (Lipinski definition) is 3. The molecule has 5 rings (SSSR count). The van der Waals surface area contributed by atoms with Gasteiger partial charge in [-0.25, -0.2) is 8.78 Å². The summed E-state index contributed by atoms with van der Waals surface area (Å²) in [5.74, 6) is -1.40. The van der Waals surface area contributed by atoms with Gasteiger partial charge in [0.2, 0.25) is 0 Å². The van der Waals surface area contributed by atoms with E-state index in [0.29, 0.717) is 27.5 Å². The maximum absolute atomic E-state index is 13.7. The van der Waals surface area contributed by atoms with Crippen LogP contribution in [0.3, 0.4) is 0 Å². The summed E-state index contributed by atoms with van der Waals surface area (Å²) in [5.41, 5.74) is 1.47. The molecule has 0 saturated heterocycles. The smallest absolute Gasteiger partial charge is 0.270 e. The highest BCUT2D eigenvalue weighted by Crippen LogP contribution is 2.34. The molecular weight excluding hydrogens is 428 g/mol. The minimum atomic E-state index is -0.528. The fourth-order valence-electron chi connectivity index (χ4n) is 4.14. The van der Waals surface area contributed by atoms with E-state index >= 15 is 0 Å². The highest BCUT2D eigenvalue weighted by molar-refractivity contribution is 6.35. The molecule has 1 atom stereocenters. The van der Waals surface area contributed by atoms with E-state index in [1.807, 2.05) is 0 Å². The Morgan fingerprint density at radius 3 is 2.71 bits per heavy atom. The lowest BCUT2D eigenvalue weighted by Gasteiger charge is -2.33. The molecule has 1 amide bonds. The minimum absolute atomic E-state index is 0.178. The van der Waals surface area contributed by atoms with Gasteiger partial charge in [0.25, 0.3) is 11.5 Å². The van der Waals surface area contributed by atoms with E-state index in [0.717, 1.165) is 0 Å². The Kier molecular flexibility index (Phi) is 4.56. The molecule has 0 radical (unpaired) electrons. The number of pyridine rings is 1. The average Bonchev–Trinajstić information content (AvgIpc) is 3.17. The van der Waals surface area contributed by atoms with E-state index in [4.69, 9.17) is 16.3 Å². The zero-order valence-electron chi connectivity index (χ0n) is 16.3. The number of nitrogens with one attached hydrogen (secondary N) is 2. The second kappa shape index (κ2) is 7.18. The van der Waals surface area contributed by atoms with E-state index in [2.05, 4.69) is 9.97 Å². The standard InChI is InChI=1S/C22H16ClF2N3O3/c1-28(22(30)17-7-14-15(23)5-11(25)6-16(14)26-17)19-9-31-8-18-20(19)12-3-2-10(24)4-13(12)21(29)27-18/h2-7,19,26H,8-9H2,1H3,(H,27,29)/t19-/m0/s1. The Morgan fingerprint density at radius 1 is 1.10 bits per heavy atom. The number of halogens is 3. The predicted octanol–water partition coefficient (Wildman–Crippen LogP) is 4.28. The van der Waals surface area contributed by atoms with Gasteiger partial charge in [0, 0.05) is 23.7 Å². The molecule has 2 aromatic heterocycles. The molecule has 0 fully saturated rings. The first-order valence-electron chi connectivity index (χ1n) is 9.50. The Hall–Kier alpha value is -3.23. The van der Waals surface area contributed by atoms with E-state index in [9.17, 15) is 18.4 Å². The van der Waals surface area contributed by atoms with Crippen LogP contribution in [0.5, 0.6) is 0 Å². The van der Waals surface area contributed by atoms with Crippen LogP contribution in [-0.4, -0.2) is 34.4 Å². The summed E-state index contributed by atoms with van der Waals surface area (Å²) in [6.07, 6.45) is 0. The summed E-state index contributed by atoms with van der Waals surface area (Å²) in [4.78, 5) is 32.8. The van der Waals surface area contributed by atoms with Crippen molar-refractivity contribution < 1.29 is 18.3 Å². The fourth-order valence-corrected chi connectivity index (χ4v) is 4.40. The largest absolute Gasteiger partial charge is 0.373 e. The molecule has 158 valence electrons. The molecule has 31 heavy (non-hydrogen) atoms. The van der Waals surface area contributed by atoms with Gasteiger partial charge in [-0.3, -0.25) is 9.59 Å². The third-order valence-electron chi connectivity index (χ3n) is 5.63. The number of carbonyl (C=O) groups excluding carboxylic acids is 1. The lowest BCUT2D eigenvalue weighted by atomic mass is 9.95. The van der Waals surface area contributed by atoms with Crippen LogP contribution < -0.4 is 5.56 Å². The third kappa shape index (κ3) is 3.19. The number of ether oxygens (including phenoxy) is 1. The summed E-state index contributed by atoms with van der Waals surface area (Å²) < 4.78 is 33.0. The fraction of sp³-hybridized carbons (Fsp3) is 0.182. The van der Waals surface area contributed by atoms with Crippen molar-refractivity contribution in [1.29, 1.82) is 0 Å². The zero-order chi connectivity index (χ0) is 21.9. The van der Waals surface area contributed by atoms with Crippen molar-refractivity contribution in [2.75, 3.05) is 13.7 Å². The van der Waals surface area contributed by atoms with Crippen molar-refractivity contribution in [3.05, 3.63) is 80.4 Å². The van der Waals surface area contributed by atoms with Crippen molar-refractivity contribution in [3.8, 4) is 0 Å². The second-order valence-corrected chi connectivity index (χ2v) is 7.92. The maximum Gasteiger partial charge on any atom is 0.270 e. The van der Waals surface area contributed by atoms with Crippen molar-refractivity contribution in [2.24, 2.45) is 0 Å². The van der Waals surface area contributed by atoms with Crippen molar-refractivity contribution in [2.45, 2.75) is 12.6 Å². The minimum Gasteiger partial charge on any atom is -0.373 e. The van der Waals surface area contributed by atoms with Gasteiger partial charge in [-0.1, -0.05) is 17.7 Å². The number of H-pyrrole nitrogens is 2. The van der Waals surface area contributed by atoms with Crippen LogP contribution in [0.15, 0.2) is 41.2 Å². The number of aromatic nitrogens is 2. The van der Waals surface area contributed by atoms with Gasteiger partial charge in [-0.15, -0.1) is 0 Å². The van der Waals surface area contributed by atoms with Crippen LogP contribution in [0.1, 0.15) is 27.8 Å². The quantitative estimate of drug-likeness (QED) is 0.485. The van der Waals surface area contributed by atoms with Gasteiger partial charge in [0.05, 0.1) is 35.2 Å². The lowest BCUT2D eigenvalue weighted by Crippen LogP contribution is -2.37. The normalized spacial score (nSPS) is 15.9. The first-order chi connectivity index (χ1) is 14.8. The maximum atomic E-state index is 13.7. The Bertz CT molecular complexity index is 1430. The van der Waals surface area contributed by atoms with Gasteiger partial charge in [-0.05, 0) is 35.7 Å². The average molecular weight is 444 g/mol. The van der Waals surface area contributed by atoms with Gasteiger partial charge in [0.1, 0.15) is 17.3 Å². The molecule has 4 aromatic rings. The third-order valence-corrected chi connectivity index (χ3v) is 5.94. The molecule has 0 saturated carbocycles. The predicted molar refractivity (Wildman–Crippen MR) is 112 cm³/mol. The molecule has 0 aliphatic carbocycles. The van der Waals surface area contributed by atoms with E-state index in [-0.39, 0.29) is 35.2 Å². The highest BCUT2D eigenvalue weighted by Gasteiger charge is 2.31. The number of benzene rings is 2. The Balaban J connectivity index is 1.60. The van der Waals surface area contributed by atoms with Gasteiger partial charge >= 0.3 is 0 Å².